The Labute approximate surface area is 107 Å². The maximum atomic E-state index is 9.62. The number of hydrogen-bond donors (Lipinski definition) is 1. The second kappa shape index (κ2) is 6.72. The van der Waals surface area contributed by atoms with E-state index in [1.807, 2.05) is 6.07 Å². The lowest BCUT2D eigenvalue weighted by Gasteiger charge is -2.15. The van der Waals surface area contributed by atoms with Gasteiger partial charge >= 0.3 is 0 Å². The number of aliphatic hydroxyl groups excluding tert-OH is 1. The Morgan fingerprint density at radius 2 is 1.72 bits per heavy atom. The molecule has 1 N–H and O–H groups in total. The van der Waals surface area contributed by atoms with Crippen LogP contribution in [0.5, 0.6) is 17.2 Å². The van der Waals surface area contributed by atoms with E-state index in [-0.39, 0.29) is 6.42 Å². The molecule has 5 nitrogen and oxygen atoms in total. The van der Waals surface area contributed by atoms with Crippen LogP contribution in [0.4, 0.5) is 0 Å². The van der Waals surface area contributed by atoms with Crippen LogP contribution in [0.3, 0.4) is 0 Å². The van der Waals surface area contributed by atoms with Crippen LogP contribution < -0.4 is 14.2 Å². The summed E-state index contributed by atoms with van der Waals surface area (Å²) in [6, 6.07) is 5.46. The third-order valence-corrected chi connectivity index (χ3v) is 2.52. The minimum absolute atomic E-state index is 0.0939. The minimum atomic E-state index is -0.696. The van der Waals surface area contributed by atoms with Gasteiger partial charge in [-0.15, -0.1) is 0 Å². The number of ether oxygens (including phenoxy) is 3. The second-order valence-corrected chi connectivity index (χ2v) is 3.75. The smallest absolute Gasteiger partial charge is 0.203 e. The first-order valence-corrected chi connectivity index (χ1v) is 5.50. The summed E-state index contributed by atoms with van der Waals surface area (Å²) in [7, 11) is 4.60. The average molecular weight is 251 g/mol. The van der Waals surface area contributed by atoms with Gasteiger partial charge in [-0.3, -0.25) is 0 Å². The Hall–Kier alpha value is -1.93. The van der Waals surface area contributed by atoms with Gasteiger partial charge in [0.2, 0.25) is 5.75 Å². The maximum Gasteiger partial charge on any atom is 0.203 e. The van der Waals surface area contributed by atoms with Crippen LogP contribution in [-0.2, 0) is 6.42 Å². The van der Waals surface area contributed by atoms with E-state index in [0.717, 1.165) is 5.56 Å². The van der Waals surface area contributed by atoms with Gasteiger partial charge in [-0.1, -0.05) is 0 Å². The van der Waals surface area contributed by atoms with E-state index in [4.69, 9.17) is 19.5 Å². The highest BCUT2D eigenvalue weighted by Crippen LogP contribution is 2.38. The summed E-state index contributed by atoms with van der Waals surface area (Å²) in [6.07, 6.45) is -0.237. The number of nitriles is 1. The molecule has 1 aromatic rings. The molecule has 0 bridgehead atoms. The van der Waals surface area contributed by atoms with Crippen LogP contribution in [0.1, 0.15) is 12.0 Å². The molecular formula is C13H17NO4. The molecule has 0 aromatic heterocycles. The summed E-state index contributed by atoms with van der Waals surface area (Å²) in [5.41, 5.74) is 0.826. The Morgan fingerprint density at radius 1 is 1.17 bits per heavy atom. The standard InChI is InChI=1S/C13H17NO4/c1-16-11-7-9(6-10(15)4-5-14)8-12(17-2)13(11)18-3/h7-8,10,15H,4,6H2,1-3H3. The van der Waals surface area contributed by atoms with Gasteiger partial charge < -0.3 is 19.3 Å². The van der Waals surface area contributed by atoms with Crippen LogP contribution >= 0.6 is 0 Å². The van der Waals surface area contributed by atoms with Gasteiger partial charge in [-0.05, 0) is 24.1 Å². The number of nitrogens with zero attached hydrogens (tertiary/aromatic N) is 1. The van der Waals surface area contributed by atoms with E-state index < -0.39 is 6.10 Å². The first-order chi connectivity index (χ1) is 8.65. The Balaban J connectivity index is 3.04. The monoisotopic (exact) mass is 251 g/mol. The molecule has 0 aliphatic carbocycles. The number of methoxy groups -OCH3 is 3. The zero-order valence-corrected chi connectivity index (χ0v) is 10.8. The number of benzene rings is 1. The van der Waals surface area contributed by atoms with Crippen molar-refractivity contribution in [2.24, 2.45) is 0 Å². The van der Waals surface area contributed by atoms with Crippen LogP contribution in [0.15, 0.2) is 12.1 Å². The molecule has 0 aliphatic heterocycles. The van der Waals surface area contributed by atoms with Crippen molar-refractivity contribution in [1.82, 2.24) is 0 Å². The van der Waals surface area contributed by atoms with Gasteiger partial charge in [-0.2, -0.15) is 5.26 Å². The normalized spacial score (nSPS) is 11.5. The zero-order chi connectivity index (χ0) is 13.5. The Bertz CT molecular complexity index is 414. The van der Waals surface area contributed by atoms with Crippen LogP contribution in [0.2, 0.25) is 0 Å². The van der Waals surface area contributed by atoms with Crippen molar-refractivity contribution < 1.29 is 19.3 Å². The summed E-state index contributed by atoms with van der Waals surface area (Å²) >= 11 is 0. The van der Waals surface area contributed by atoms with Gasteiger partial charge in [0.15, 0.2) is 11.5 Å². The van der Waals surface area contributed by atoms with E-state index in [1.54, 1.807) is 12.1 Å². The molecule has 0 aliphatic rings. The van der Waals surface area contributed by atoms with Crippen LogP contribution in [0, 0.1) is 11.3 Å². The molecule has 0 amide bonds. The lowest BCUT2D eigenvalue weighted by Crippen LogP contribution is -2.09. The first kappa shape index (κ1) is 14.1. The first-order valence-electron chi connectivity index (χ1n) is 5.50. The molecule has 18 heavy (non-hydrogen) atoms. The van der Waals surface area contributed by atoms with Crippen molar-refractivity contribution in [1.29, 1.82) is 5.26 Å². The topological polar surface area (TPSA) is 71.7 Å². The molecule has 1 rings (SSSR count). The largest absolute Gasteiger partial charge is 0.493 e. The molecule has 0 fully saturated rings. The van der Waals surface area contributed by atoms with Crippen LogP contribution in [0.25, 0.3) is 0 Å². The van der Waals surface area contributed by atoms with Crippen molar-refractivity contribution in [3.8, 4) is 23.3 Å². The molecule has 98 valence electrons. The van der Waals surface area contributed by atoms with Gasteiger partial charge in [0.05, 0.1) is 39.9 Å². The molecule has 5 heteroatoms. The molecule has 1 aromatic carbocycles. The fraction of sp³-hybridized carbons (Fsp3) is 0.462. The highest BCUT2D eigenvalue weighted by atomic mass is 16.5. The van der Waals surface area contributed by atoms with Crippen LogP contribution in [-0.4, -0.2) is 32.5 Å². The predicted octanol–water partition coefficient (Wildman–Crippen LogP) is 1.53. The Kier molecular flexibility index (Phi) is 5.28. The van der Waals surface area contributed by atoms with Crippen molar-refractivity contribution >= 4 is 0 Å². The fourth-order valence-corrected chi connectivity index (χ4v) is 1.70. The number of rotatable bonds is 6. The lowest BCUT2D eigenvalue weighted by molar-refractivity contribution is 0.180. The molecule has 0 saturated heterocycles. The number of aliphatic hydroxyl groups is 1. The molecular weight excluding hydrogens is 234 g/mol. The zero-order valence-electron chi connectivity index (χ0n) is 10.8. The molecule has 0 saturated carbocycles. The third kappa shape index (κ3) is 3.28. The van der Waals surface area contributed by atoms with Gasteiger partial charge in [0, 0.05) is 0 Å². The SMILES string of the molecule is COc1cc(CC(O)CC#N)cc(OC)c1OC. The summed E-state index contributed by atoms with van der Waals surface area (Å²) in [4.78, 5) is 0. The van der Waals surface area contributed by atoms with Gasteiger partial charge in [0.1, 0.15) is 0 Å². The summed E-state index contributed by atoms with van der Waals surface area (Å²) in [6.45, 7) is 0. The highest BCUT2D eigenvalue weighted by molar-refractivity contribution is 5.53. The van der Waals surface area contributed by atoms with E-state index >= 15 is 0 Å². The van der Waals surface area contributed by atoms with E-state index in [1.165, 1.54) is 21.3 Å². The summed E-state index contributed by atoms with van der Waals surface area (Å²) in [5.74, 6) is 1.59. The average Bonchev–Trinajstić information content (AvgIpc) is 2.37. The third-order valence-electron chi connectivity index (χ3n) is 2.52. The Morgan fingerprint density at radius 3 is 2.11 bits per heavy atom. The summed E-state index contributed by atoms with van der Waals surface area (Å²) < 4.78 is 15.6. The van der Waals surface area contributed by atoms with E-state index in [9.17, 15) is 5.11 Å². The van der Waals surface area contributed by atoms with Crippen molar-refractivity contribution in [2.45, 2.75) is 18.9 Å². The van der Waals surface area contributed by atoms with Gasteiger partial charge in [-0.25, -0.2) is 0 Å². The van der Waals surface area contributed by atoms with Crippen molar-refractivity contribution in [2.75, 3.05) is 21.3 Å². The lowest BCUT2D eigenvalue weighted by atomic mass is 10.0. The van der Waals surface area contributed by atoms with Gasteiger partial charge in [0.25, 0.3) is 0 Å². The molecule has 0 heterocycles. The molecule has 0 radical (unpaired) electrons. The number of hydrogen-bond acceptors (Lipinski definition) is 5. The summed E-state index contributed by atoms with van der Waals surface area (Å²) in [5, 5.41) is 18.1. The molecule has 1 unspecified atom stereocenters. The predicted molar refractivity (Wildman–Crippen MR) is 66.0 cm³/mol. The quantitative estimate of drug-likeness (QED) is 0.830. The van der Waals surface area contributed by atoms with E-state index in [2.05, 4.69) is 0 Å². The second-order valence-electron chi connectivity index (χ2n) is 3.75. The van der Waals surface area contributed by atoms with Crippen molar-refractivity contribution in [3.63, 3.8) is 0 Å². The minimum Gasteiger partial charge on any atom is -0.493 e. The van der Waals surface area contributed by atoms with Crippen molar-refractivity contribution in [3.05, 3.63) is 17.7 Å². The highest BCUT2D eigenvalue weighted by Gasteiger charge is 2.14. The maximum absolute atomic E-state index is 9.62. The molecule has 1 atom stereocenters. The fourth-order valence-electron chi connectivity index (χ4n) is 1.70. The molecule has 0 spiro atoms. The van der Waals surface area contributed by atoms with E-state index in [0.29, 0.717) is 23.7 Å².